The van der Waals surface area contributed by atoms with E-state index in [1.54, 1.807) is 0 Å². The molecule has 0 aromatic rings. The van der Waals surface area contributed by atoms with E-state index in [4.69, 9.17) is 5.73 Å². The topological polar surface area (TPSA) is 162 Å². The third kappa shape index (κ3) is 5.58. The molecule has 26 heavy (non-hydrogen) atoms. The van der Waals surface area contributed by atoms with Crippen molar-refractivity contribution in [3.8, 4) is 0 Å². The number of hydrogen-bond donors (Lipinski definition) is 6. The van der Waals surface area contributed by atoms with Gasteiger partial charge in [-0.1, -0.05) is 0 Å². The van der Waals surface area contributed by atoms with Crippen LogP contribution in [0, 0.1) is 0 Å². The zero-order valence-electron chi connectivity index (χ0n) is 14.7. The Kier molecular flexibility index (Phi) is 8.31. The number of nitrogens with one attached hydrogen (secondary N) is 2. The number of carboxylic acid groups (broad SMARTS) is 1. The van der Waals surface area contributed by atoms with Crippen LogP contribution in [0.25, 0.3) is 0 Å². The maximum Gasteiger partial charge on any atom is 0.326 e. The van der Waals surface area contributed by atoms with Crippen LogP contribution in [0.15, 0.2) is 0 Å². The fourth-order valence-corrected chi connectivity index (χ4v) is 2.86. The lowest BCUT2D eigenvalue weighted by atomic mass is 10.1. The molecule has 6 N–H and O–H groups in total. The summed E-state index contributed by atoms with van der Waals surface area (Å²) in [6.45, 7) is 2.99. The minimum Gasteiger partial charge on any atom is -0.480 e. The van der Waals surface area contributed by atoms with Gasteiger partial charge in [0.15, 0.2) is 0 Å². The Morgan fingerprint density at radius 1 is 1.23 bits per heavy atom. The van der Waals surface area contributed by atoms with Gasteiger partial charge in [0.2, 0.25) is 17.7 Å². The fourth-order valence-electron chi connectivity index (χ4n) is 2.61. The summed E-state index contributed by atoms with van der Waals surface area (Å²) in [6.07, 6.45) is -0.427. The van der Waals surface area contributed by atoms with E-state index in [2.05, 4.69) is 23.3 Å². The third-order valence-corrected chi connectivity index (χ3v) is 4.46. The Labute approximate surface area is 156 Å². The van der Waals surface area contributed by atoms with Crippen LogP contribution in [0.5, 0.6) is 0 Å². The standard InChI is InChI=1S/C15H26N4O6S/c1-7(16)12(21)17-9(6-26)13(22)18-11(8(2)20)14(23)19-5-3-4-10(19)15(24)25/h7-11,20,26H,3-6,16H2,1-2H3,(H,17,21)(H,18,22)(H,24,25). The van der Waals surface area contributed by atoms with Crippen LogP contribution in [0.4, 0.5) is 0 Å². The first-order chi connectivity index (χ1) is 12.1. The van der Waals surface area contributed by atoms with Gasteiger partial charge in [-0.25, -0.2) is 4.79 Å². The van der Waals surface area contributed by atoms with Crippen LogP contribution in [-0.2, 0) is 19.2 Å². The Morgan fingerprint density at radius 3 is 2.31 bits per heavy atom. The summed E-state index contributed by atoms with van der Waals surface area (Å²) in [5.41, 5.74) is 5.44. The van der Waals surface area contributed by atoms with Crippen molar-refractivity contribution in [2.75, 3.05) is 12.3 Å². The lowest BCUT2D eigenvalue weighted by molar-refractivity contribution is -0.150. The minimum absolute atomic E-state index is 0.0491. The van der Waals surface area contributed by atoms with E-state index in [9.17, 15) is 29.4 Å². The van der Waals surface area contributed by atoms with E-state index in [0.717, 1.165) is 4.90 Å². The van der Waals surface area contributed by atoms with E-state index in [1.165, 1.54) is 13.8 Å². The second-order valence-electron chi connectivity index (χ2n) is 6.29. The van der Waals surface area contributed by atoms with E-state index < -0.39 is 54.0 Å². The predicted octanol–water partition coefficient (Wildman–Crippen LogP) is -2.31. The van der Waals surface area contributed by atoms with Crippen molar-refractivity contribution in [2.45, 2.75) is 57.0 Å². The van der Waals surface area contributed by atoms with Gasteiger partial charge in [-0.15, -0.1) is 0 Å². The molecular formula is C15H26N4O6S. The van der Waals surface area contributed by atoms with Gasteiger partial charge < -0.3 is 31.5 Å². The summed E-state index contributed by atoms with van der Waals surface area (Å²) in [5.74, 6) is -3.16. The number of aliphatic hydroxyl groups is 1. The van der Waals surface area contributed by atoms with Gasteiger partial charge in [-0.05, 0) is 26.7 Å². The van der Waals surface area contributed by atoms with Crippen molar-refractivity contribution < 1.29 is 29.4 Å². The maximum atomic E-state index is 12.6. The number of carbonyl (C=O) groups excluding carboxylic acids is 3. The first kappa shape index (κ1) is 22.2. The molecule has 1 fully saturated rings. The van der Waals surface area contributed by atoms with Crippen molar-refractivity contribution >= 4 is 36.3 Å². The molecule has 0 bridgehead atoms. The van der Waals surface area contributed by atoms with Crippen LogP contribution in [0.1, 0.15) is 26.7 Å². The van der Waals surface area contributed by atoms with Crippen molar-refractivity contribution in [2.24, 2.45) is 5.73 Å². The van der Waals surface area contributed by atoms with E-state index in [0.29, 0.717) is 12.8 Å². The van der Waals surface area contributed by atoms with Crippen LogP contribution in [0.2, 0.25) is 0 Å². The summed E-state index contributed by atoms with van der Waals surface area (Å²) in [4.78, 5) is 49.1. The summed E-state index contributed by atoms with van der Waals surface area (Å²) in [6, 6.07) is -4.21. The van der Waals surface area contributed by atoms with Gasteiger partial charge in [-0.2, -0.15) is 12.6 Å². The average molecular weight is 390 g/mol. The number of aliphatic carboxylic acids is 1. The van der Waals surface area contributed by atoms with Gasteiger partial charge in [0.05, 0.1) is 12.1 Å². The van der Waals surface area contributed by atoms with Crippen LogP contribution in [-0.4, -0.2) is 81.4 Å². The van der Waals surface area contributed by atoms with Crippen LogP contribution in [0.3, 0.4) is 0 Å². The highest BCUT2D eigenvalue weighted by atomic mass is 32.1. The molecule has 148 valence electrons. The molecule has 0 radical (unpaired) electrons. The van der Waals surface area contributed by atoms with Crippen molar-refractivity contribution in [1.29, 1.82) is 0 Å². The highest BCUT2D eigenvalue weighted by Crippen LogP contribution is 2.19. The summed E-state index contributed by atoms with van der Waals surface area (Å²) in [7, 11) is 0. The lowest BCUT2D eigenvalue weighted by Crippen LogP contribution is -2.60. The Bertz CT molecular complexity index is 556. The molecule has 0 aliphatic carbocycles. The smallest absolute Gasteiger partial charge is 0.326 e. The summed E-state index contributed by atoms with van der Waals surface area (Å²) in [5, 5.41) is 23.9. The Hall–Kier alpha value is -1.85. The lowest BCUT2D eigenvalue weighted by Gasteiger charge is -2.30. The molecule has 5 unspecified atom stereocenters. The number of nitrogens with two attached hydrogens (primary N) is 1. The van der Waals surface area contributed by atoms with Crippen molar-refractivity contribution in [3.05, 3.63) is 0 Å². The number of amides is 3. The monoisotopic (exact) mass is 390 g/mol. The molecule has 0 aromatic heterocycles. The Morgan fingerprint density at radius 2 is 1.85 bits per heavy atom. The Balaban J connectivity index is 2.86. The first-order valence-corrected chi connectivity index (χ1v) is 8.91. The molecule has 1 saturated heterocycles. The highest BCUT2D eigenvalue weighted by Gasteiger charge is 2.39. The van der Waals surface area contributed by atoms with Gasteiger partial charge in [0.1, 0.15) is 18.1 Å². The quantitative estimate of drug-likeness (QED) is 0.254. The zero-order valence-corrected chi connectivity index (χ0v) is 15.6. The van der Waals surface area contributed by atoms with Crippen LogP contribution >= 0.6 is 12.6 Å². The number of thiol groups is 1. The SMILES string of the molecule is CC(N)C(=O)NC(CS)C(=O)NC(C(=O)N1CCCC1C(=O)O)C(C)O. The van der Waals surface area contributed by atoms with Crippen molar-refractivity contribution in [3.63, 3.8) is 0 Å². The molecule has 0 aromatic carbocycles. The molecule has 1 heterocycles. The summed E-state index contributed by atoms with van der Waals surface area (Å²) >= 11 is 4.00. The minimum atomic E-state index is -1.34. The molecule has 1 aliphatic heterocycles. The molecule has 5 atom stereocenters. The number of rotatable bonds is 8. The van der Waals surface area contributed by atoms with Gasteiger partial charge >= 0.3 is 5.97 Å². The maximum absolute atomic E-state index is 12.6. The first-order valence-electron chi connectivity index (χ1n) is 8.28. The molecule has 3 amide bonds. The molecule has 11 heteroatoms. The van der Waals surface area contributed by atoms with Crippen molar-refractivity contribution in [1.82, 2.24) is 15.5 Å². The number of likely N-dealkylation sites (tertiary alicyclic amines) is 1. The normalized spacial score (nSPS) is 21.4. The van der Waals surface area contributed by atoms with E-state index in [-0.39, 0.29) is 12.3 Å². The van der Waals surface area contributed by atoms with E-state index >= 15 is 0 Å². The number of carboxylic acids is 1. The largest absolute Gasteiger partial charge is 0.480 e. The summed E-state index contributed by atoms with van der Waals surface area (Å²) < 4.78 is 0. The highest BCUT2D eigenvalue weighted by molar-refractivity contribution is 7.80. The molecule has 0 saturated carbocycles. The molecule has 1 aliphatic rings. The van der Waals surface area contributed by atoms with Gasteiger partial charge in [0.25, 0.3) is 0 Å². The van der Waals surface area contributed by atoms with E-state index in [1.807, 2.05) is 0 Å². The number of carbonyl (C=O) groups is 4. The third-order valence-electron chi connectivity index (χ3n) is 4.10. The molecule has 0 spiro atoms. The fraction of sp³-hybridized carbons (Fsp3) is 0.733. The number of nitrogens with zero attached hydrogens (tertiary/aromatic N) is 1. The molecule has 10 nitrogen and oxygen atoms in total. The molecule has 1 rings (SSSR count). The molecular weight excluding hydrogens is 364 g/mol. The second kappa shape index (κ2) is 9.74. The van der Waals surface area contributed by atoms with Crippen LogP contribution < -0.4 is 16.4 Å². The average Bonchev–Trinajstić information content (AvgIpc) is 3.05. The number of hydrogen-bond acceptors (Lipinski definition) is 7. The van der Waals surface area contributed by atoms with Gasteiger partial charge in [0, 0.05) is 12.3 Å². The number of aliphatic hydroxyl groups excluding tert-OH is 1. The predicted molar refractivity (Wildman–Crippen MR) is 95.4 cm³/mol. The second-order valence-corrected chi connectivity index (χ2v) is 6.65. The van der Waals surface area contributed by atoms with Gasteiger partial charge in [-0.3, -0.25) is 14.4 Å². The zero-order chi connectivity index (χ0) is 20.0.